The van der Waals surface area contributed by atoms with Crippen LogP contribution >= 0.6 is 0 Å². The van der Waals surface area contributed by atoms with Crippen LogP contribution in [0.5, 0.6) is 0 Å². The summed E-state index contributed by atoms with van der Waals surface area (Å²) < 4.78 is 0. The quantitative estimate of drug-likeness (QED) is 0.882. The topological polar surface area (TPSA) is 55.8 Å². The van der Waals surface area contributed by atoms with Gasteiger partial charge in [0.15, 0.2) is 0 Å². The number of aliphatic hydroxyl groups excluding tert-OH is 1. The molecule has 24 heavy (non-hydrogen) atoms. The van der Waals surface area contributed by atoms with Crippen LogP contribution in [0.25, 0.3) is 0 Å². The molecule has 1 amide bonds. The number of aliphatic hydroxyl groups is 1. The molecule has 0 saturated carbocycles. The first kappa shape index (κ1) is 17.4. The number of benzene rings is 1. The van der Waals surface area contributed by atoms with E-state index in [2.05, 4.69) is 23.2 Å². The van der Waals surface area contributed by atoms with Crippen LogP contribution in [-0.2, 0) is 11.2 Å². The summed E-state index contributed by atoms with van der Waals surface area (Å²) in [6.45, 7) is 8.64. The maximum absolute atomic E-state index is 12.2. The molecule has 2 unspecified atom stereocenters. The molecule has 132 valence electrons. The van der Waals surface area contributed by atoms with Gasteiger partial charge in [0.2, 0.25) is 5.91 Å². The number of nitrogens with zero attached hydrogens (tertiary/aromatic N) is 2. The number of carbonyl (C=O) groups excluding carboxylic acids is 1. The maximum Gasteiger partial charge on any atom is 0.226 e. The van der Waals surface area contributed by atoms with E-state index in [0.29, 0.717) is 6.42 Å². The zero-order valence-electron chi connectivity index (χ0n) is 14.8. The van der Waals surface area contributed by atoms with Crippen molar-refractivity contribution in [1.82, 2.24) is 10.2 Å². The second-order valence-corrected chi connectivity index (χ2v) is 6.86. The minimum Gasteiger partial charge on any atom is -0.387 e. The number of hydrogen-bond acceptors (Lipinski definition) is 4. The van der Waals surface area contributed by atoms with Gasteiger partial charge in [-0.15, -0.1) is 0 Å². The predicted molar refractivity (Wildman–Crippen MR) is 96.3 cm³/mol. The second kappa shape index (κ2) is 7.64. The largest absolute Gasteiger partial charge is 0.387 e. The molecular formula is C19H29N3O2. The monoisotopic (exact) mass is 331 g/mol. The zero-order valence-corrected chi connectivity index (χ0v) is 14.8. The first-order valence-corrected chi connectivity index (χ1v) is 9.18. The zero-order chi connectivity index (χ0) is 17.1. The molecule has 5 heteroatoms. The molecule has 0 aliphatic carbocycles. The molecule has 2 N–H and O–H groups in total. The summed E-state index contributed by atoms with van der Waals surface area (Å²) in [4.78, 5) is 16.5. The number of fused-ring (bicyclic) bond motifs is 1. The molecule has 0 spiro atoms. The molecule has 1 aromatic carbocycles. The Bertz CT molecular complexity index is 584. The first-order valence-electron chi connectivity index (χ1n) is 9.18. The third-order valence-electron chi connectivity index (χ3n) is 5.36. The van der Waals surface area contributed by atoms with Crippen molar-refractivity contribution in [1.29, 1.82) is 0 Å². The van der Waals surface area contributed by atoms with Gasteiger partial charge in [0, 0.05) is 50.9 Å². The van der Waals surface area contributed by atoms with E-state index >= 15 is 0 Å². The molecule has 0 radical (unpaired) electrons. The molecule has 0 aromatic heterocycles. The van der Waals surface area contributed by atoms with Crippen molar-refractivity contribution < 1.29 is 9.90 Å². The van der Waals surface area contributed by atoms with Gasteiger partial charge in [-0.3, -0.25) is 9.69 Å². The average molecular weight is 331 g/mol. The molecule has 2 aliphatic rings. The lowest BCUT2D eigenvalue weighted by molar-refractivity contribution is -0.118. The number of piperazine rings is 1. The van der Waals surface area contributed by atoms with Crippen LogP contribution in [0.15, 0.2) is 18.2 Å². The number of carbonyl (C=O) groups is 1. The SMILES string of the molecule is CCC(=O)N1CCCc2ccc(C(O)C(C)N3CCNCC3)cc21. The Kier molecular flexibility index (Phi) is 5.54. The number of anilines is 1. The predicted octanol–water partition coefficient (Wildman–Crippen LogP) is 1.70. The Labute approximate surface area is 144 Å². The molecule has 5 nitrogen and oxygen atoms in total. The molecular weight excluding hydrogens is 302 g/mol. The van der Waals surface area contributed by atoms with Crippen LogP contribution < -0.4 is 10.2 Å². The van der Waals surface area contributed by atoms with Gasteiger partial charge in [-0.2, -0.15) is 0 Å². The Morgan fingerprint density at radius 3 is 2.75 bits per heavy atom. The summed E-state index contributed by atoms with van der Waals surface area (Å²) in [7, 11) is 0. The maximum atomic E-state index is 12.2. The van der Waals surface area contributed by atoms with E-state index in [9.17, 15) is 9.90 Å². The number of aryl methyl sites for hydroxylation is 1. The van der Waals surface area contributed by atoms with Crippen LogP contribution in [-0.4, -0.2) is 54.7 Å². The smallest absolute Gasteiger partial charge is 0.226 e. The fourth-order valence-corrected chi connectivity index (χ4v) is 3.79. The van der Waals surface area contributed by atoms with Gasteiger partial charge in [-0.1, -0.05) is 19.1 Å². The fourth-order valence-electron chi connectivity index (χ4n) is 3.79. The molecule has 2 heterocycles. The van der Waals surface area contributed by atoms with Gasteiger partial charge in [0.1, 0.15) is 0 Å². The normalized spacial score (nSPS) is 21.2. The van der Waals surface area contributed by atoms with Gasteiger partial charge in [0.25, 0.3) is 0 Å². The van der Waals surface area contributed by atoms with Crippen molar-refractivity contribution in [3.8, 4) is 0 Å². The van der Waals surface area contributed by atoms with Crippen molar-refractivity contribution >= 4 is 11.6 Å². The van der Waals surface area contributed by atoms with Gasteiger partial charge < -0.3 is 15.3 Å². The molecule has 1 saturated heterocycles. The summed E-state index contributed by atoms with van der Waals surface area (Å²) in [6.07, 6.45) is 2.00. The van der Waals surface area contributed by atoms with E-state index < -0.39 is 6.10 Å². The van der Waals surface area contributed by atoms with E-state index in [1.54, 1.807) is 0 Å². The molecule has 2 aliphatic heterocycles. The Morgan fingerprint density at radius 1 is 1.29 bits per heavy atom. The lowest BCUT2D eigenvalue weighted by Crippen LogP contribution is -2.49. The van der Waals surface area contributed by atoms with Gasteiger partial charge in [-0.25, -0.2) is 0 Å². The molecule has 1 fully saturated rings. The number of amides is 1. The fraction of sp³-hybridized carbons (Fsp3) is 0.632. The van der Waals surface area contributed by atoms with E-state index in [1.807, 2.05) is 24.0 Å². The minimum absolute atomic E-state index is 0.0732. The summed E-state index contributed by atoms with van der Waals surface area (Å²) in [6, 6.07) is 6.23. The van der Waals surface area contributed by atoms with Crippen LogP contribution in [0.4, 0.5) is 5.69 Å². The van der Waals surface area contributed by atoms with Crippen LogP contribution in [0.3, 0.4) is 0 Å². The average Bonchev–Trinajstić information content (AvgIpc) is 2.66. The molecule has 1 aromatic rings. The summed E-state index contributed by atoms with van der Waals surface area (Å²) in [5, 5.41) is 14.2. The standard InChI is InChI=1S/C19H29N3O2/c1-3-18(23)22-10-4-5-15-6-7-16(13-17(15)22)19(24)14(2)21-11-8-20-9-12-21/h6-7,13-14,19-20,24H,3-5,8-12H2,1-2H3. The highest BCUT2D eigenvalue weighted by Gasteiger charge is 2.27. The van der Waals surface area contributed by atoms with E-state index in [-0.39, 0.29) is 11.9 Å². The molecule has 2 atom stereocenters. The van der Waals surface area contributed by atoms with Crippen molar-refractivity contribution in [2.75, 3.05) is 37.6 Å². The van der Waals surface area contributed by atoms with Crippen LogP contribution in [0.2, 0.25) is 0 Å². The number of rotatable bonds is 4. The highest BCUT2D eigenvalue weighted by Crippen LogP contribution is 2.32. The molecule has 0 bridgehead atoms. The lowest BCUT2D eigenvalue weighted by atomic mass is 9.95. The first-order chi connectivity index (χ1) is 11.6. The Morgan fingerprint density at radius 2 is 2.04 bits per heavy atom. The van der Waals surface area contributed by atoms with Crippen molar-refractivity contribution in [2.24, 2.45) is 0 Å². The Hall–Kier alpha value is -1.43. The van der Waals surface area contributed by atoms with Crippen LogP contribution in [0, 0.1) is 0 Å². The summed E-state index contributed by atoms with van der Waals surface area (Å²) in [5.74, 6) is 0.165. The highest BCUT2D eigenvalue weighted by atomic mass is 16.3. The van der Waals surface area contributed by atoms with E-state index in [1.165, 1.54) is 5.56 Å². The highest BCUT2D eigenvalue weighted by molar-refractivity contribution is 5.94. The number of nitrogens with one attached hydrogen (secondary N) is 1. The van der Waals surface area contributed by atoms with Crippen LogP contribution in [0.1, 0.15) is 43.9 Å². The number of hydrogen-bond donors (Lipinski definition) is 2. The van der Waals surface area contributed by atoms with Crippen molar-refractivity contribution in [2.45, 2.75) is 45.3 Å². The minimum atomic E-state index is -0.533. The Balaban J connectivity index is 1.82. The van der Waals surface area contributed by atoms with E-state index in [4.69, 9.17) is 0 Å². The van der Waals surface area contributed by atoms with Crippen molar-refractivity contribution in [3.05, 3.63) is 29.3 Å². The lowest BCUT2D eigenvalue weighted by Gasteiger charge is -2.36. The second-order valence-electron chi connectivity index (χ2n) is 6.86. The summed E-state index contributed by atoms with van der Waals surface area (Å²) >= 11 is 0. The summed E-state index contributed by atoms with van der Waals surface area (Å²) in [5.41, 5.74) is 3.13. The van der Waals surface area contributed by atoms with Gasteiger partial charge >= 0.3 is 0 Å². The molecule has 3 rings (SSSR count). The van der Waals surface area contributed by atoms with E-state index in [0.717, 1.165) is 56.8 Å². The third kappa shape index (κ3) is 3.48. The van der Waals surface area contributed by atoms with Crippen molar-refractivity contribution in [3.63, 3.8) is 0 Å². The van der Waals surface area contributed by atoms with Gasteiger partial charge in [0.05, 0.1) is 6.10 Å². The third-order valence-corrected chi connectivity index (χ3v) is 5.36. The van der Waals surface area contributed by atoms with Gasteiger partial charge in [-0.05, 0) is 37.0 Å².